The summed E-state index contributed by atoms with van der Waals surface area (Å²) in [5.74, 6) is 2.17. The quantitative estimate of drug-likeness (QED) is 0.589. The molecule has 2 heterocycles. The van der Waals surface area contributed by atoms with Gasteiger partial charge in [0.15, 0.2) is 5.96 Å². The lowest BCUT2D eigenvalue weighted by Crippen LogP contribution is -2.45. The fourth-order valence-corrected chi connectivity index (χ4v) is 5.66. The summed E-state index contributed by atoms with van der Waals surface area (Å²) >= 11 is 1.88. The lowest BCUT2D eigenvalue weighted by Gasteiger charge is -2.39. The lowest BCUT2D eigenvalue weighted by atomic mass is 9.88. The number of likely N-dealkylation sites (tertiary alicyclic amines) is 1. The van der Waals surface area contributed by atoms with Gasteiger partial charge in [0, 0.05) is 36.5 Å². The van der Waals surface area contributed by atoms with Crippen molar-refractivity contribution in [3.8, 4) is 0 Å². The maximum atomic E-state index is 4.49. The third kappa shape index (κ3) is 4.26. The first-order chi connectivity index (χ1) is 13.7. The van der Waals surface area contributed by atoms with E-state index in [1.54, 1.807) is 0 Å². The van der Waals surface area contributed by atoms with E-state index in [1.165, 1.54) is 41.8 Å². The van der Waals surface area contributed by atoms with E-state index in [9.17, 15) is 0 Å². The van der Waals surface area contributed by atoms with Crippen LogP contribution in [-0.4, -0.2) is 44.1 Å². The Morgan fingerprint density at radius 3 is 2.86 bits per heavy atom. The van der Waals surface area contributed by atoms with Crippen LogP contribution in [0.4, 0.5) is 0 Å². The van der Waals surface area contributed by atoms with Gasteiger partial charge in [-0.2, -0.15) is 0 Å². The summed E-state index contributed by atoms with van der Waals surface area (Å²) < 4.78 is 0. The maximum absolute atomic E-state index is 4.49. The Balaban J connectivity index is 1.34. The first-order valence-electron chi connectivity index (χ1n) is 10.4. The minimum atomic E-state index is 0.495. The zero-order valence-electron chi connectivity index (χ0n) is 17.2. The molecule has 1 saturated carbocycles. The molecule has 5 heteroatoms. The Kier molecular flexibility index (Phi) is 6.02. The Morgan fingerprint density at radius 1 is 1.25 bits per heavy atom. The second-order valence-electron chi connectivity index (χ2n) is 8.25. The van der Waals surface area contributed by atoms with Crippen molar-refractivity contribution in [2.24, 2.45) is 10.9 Å². The standard InChI is InChI=1S/C23H32N4S/c1-16-8-4-5-10-18(16)19-14-20(19)26-23(24-2)25-15-17-9-6-12-27(3)22(17)21-11-7-13-28-21/h4-5,7-8,10-11,13,17,19-20,22H,6,9,12,14-15H2,1-3H3,(H2,24,25,26). The molecule has 28 heavy (non-hydrogen) atoms. The van der Waals surface area contributed by atoms with E-state index < -0.39 is 0 Å². The van der Waals surface area contributed by atoms with Crippen molar-refractivity contribution in [1.29, 1.82) is 0 Å². The van der Waals surface area contributed by atoms with E-state index in [4.69, 9.17) is 0 Å². The summed E-state index contributed by atoms with van der Waals surface area (Å²) in [7, 11) is 4.14. The van der Waals surface area contributed by atoms with Crippen LogP contribution in [0.3, 0.4) is 0 Å². The van der Waals surface area contributed by atoms with E-state index in [2.05, 4.69) is 76.3 Å². The highest BCUT2D eigenvalue weighted by Gasteiger charge is 2.40. The molecule has 1 aromatic heterocycles. The summed E-state index contributed by atoms with van der Waals surface area (Å²) in [4.78, 5) is 8.50. The largest absolute Gasteiger partial charge is 0.356 e. The van der Waals surface area contributed by atoms with Gasteiger partial charge in [0.2, 0.25) is 0 Å². The van der Waals surface area contributed by atoms with Crippen molar-refractivity contribution in [3.05, 3.63) is 57.8 Å². The van der Waals surface area contributed by atoms with Crippen molar-refractivity contribution >= 4 is 17.3 Å². The third-order valence-electron chi connectivity index (χ3n) is 6.30. The Labute approximate surface area is 173 Å². The SMILES string of the molecule is CN=C(NCC1CCCN(C)C1c1cccs1)NC1CC1c1ccccc1C. The van der Waals surface area contributed by atoms with Gasteiger partial charge in [0.05, 0.1) is 0 Å². The fourth-order valence-electron chi connectivity index (χ4n) is 4.68. The molecule has 4 atom stereocenters. The number of thiophene rings is 1. The van der Waals surface area contributed by atoms with Gasteiger partial charge in [-0.05, 0) is 68.3 Å². The number of guanidine groups is 1. The van der Waals surface area contributed by atoms with Crippen molar-refractivity contribution in [2.75, 3.05) is 27.2 Å². The van der Waals surface area contributed by atoms with Crippen LogP contribution in [0.5, 0.6) is 0 Å². The van der Waals surface area contributed by atoms with Crippen molar-refractivity contribution in [1.82, 2.24) is 15.5 Å². The van der Waals surface area contributed by atoms with Crippen molar-refractivity contribution < 1.29 is 0 Å². The second kappa shape index (κ2) is 8.66. The summed E-state index contributed by atoms with van der Waals surface area (Å²) in [5.41, 5.74) is 2.87. The normalized spacial score (nSPS) is 28.2. The van der Waals surface area contributed by atoms with Gasteiger partial charge in [-0.3, -0.25) is 9.89 Å². The van der Waals surface area contributed by atoms with Crippen molar-refractivity contribution in [2.45, 2.75) is 44.2 Å². The zero-order chi connectivity index (χ0) is 19.5. The second-order valence-corrected chi connectivity index (χ2v) is 9.23. The molecule has 0 spiro atoms. The molecule has 0 bridgehead atoms. The minimum Gasteiger partial charge on any atom is -0.356 e. The average molecular weight is 397 g/mol. The lowest BCUT2D eigenvalue weighted by molar-refractivity contribution is 0.125. The van der Waals surface area contributed by atoms with Gasteiger partial charge in [0.25, 0.3) is 0 Å². The Bertz CT molecular complexity index is 801. The minimum absolute atomic E-state index is 0.495. The average Bonchev–Trinajstić information content (AvgIpc) is 3.24. The number of nitrogens with one attached hydrogen (secondary N) is 2. The van der Waals surface area contributed by atoms with Crippen molar-refractivity contribution in [3.63, 3.8) is 0 Å². The molecule has 150 valence electrons. The predicted molar refractivity (Wildman–Crippen MR) is 119 cm³/mol. The molecular formula is C23H32N4S. The molecule has 1 saturated heterocycles. The smallest absolute Gasteiger partial charge is 0.191 e. The molecule has 4 nitrogen and oxygen atoms in total. The molecule has 0 amide bonds. The van der Waals surface area contributed by atoms with Crippen LogP contribution < -0.4 is 10.6 Å². The molecule has 1 aliphatic carbocycles. The number of nitrogens with zero attached hydrogens (tertiary/aromatic N) is 2. The predicted octanol–water partition coefficient (Wildman–Crippen LogP) is 4.16. The first-order valence-corrected chi connectivity index (χ1v) is 11.3. The van der Waals surface area contributed by atoms with Crippen LogP contribution in [0.2, 0.25) is 0 Å². The van der Waals surface area contributed by atoms with Gasteiger partial charge >= 0.3 is 0 Å². The number of piperidine rings is 1. The number of rotatable bonds is 5. The Morgan fingerprint density at radius 2 is 2.11 bits per heavy atom. The molecule has 4 unspecified atom stereocenters. The summed E-state index contributed by atoms with van der Waals surface area (Å²) in [5, 5.41) is 9.47. The van der Waals surface area contributed by atoms with E-state index in [0.29, 0.717) is 23.9 Å². The molecule has 4 rings (SSSR count). The molecule has 2 aliphatic rings. The fraction of sp³-hybridized carbons (Fsp3) is 0.522. The van der Waals surface area contributed by atoms with E-state index in [-0.39, 0.29) is 0 Å². The highest BCUT2D eigenvalue weighted by molar-refractivity contribution is 7.10. The molecule has 2 aromatic rings. The third-order valence-corrected chi connectivity index (χ3v) is 7.24. The van der Waals surface area contributed by atoms with E-state index in [0.717, 1.165) is 12.5 Å². The van der Waals surface area contributed by atoms with Gasteiger partial charge in [-0.25, -0.2) is 0 Å². The van der Waals surface area contributed by atoms with Crippen LogP contribution in [-0.2, 0) is 0 Å². The van der Waals surface area contributed by atoms with Crippen LogP contribution in [0, 0.1) is 12.8 Å². The monoisotopic (exact) mass is 396 g/mol. The van der Waals surface area contributed by atoms with E-state index in [1.807, 2.05) is 18.4 Å². The van der Waals surface area contributed by atoms with Crippen LogP contribution >= 0.6 is 11.3 Å². The number of hydrogen-bond donors (Lipinski definition) is 2. The highest BCUT2D eigenvalue weighted by Crippen LogP contribution is 2.42. The molecular weight excluding hydrogens is 364 g/mol. The number of aliphatic imine (C=N–C) groups is 1. The topological polar surface area (TPSA) is 39.7 Å². The summed E-state index contributed by atoms with van der Waals surface area (Å²) in [6.07, 6.45) is 3.73. The number of benzene rings is 1. The molecule has 2 N–H and O–H groups in total. The van der Waals surface area contributed by atoms with Gasteiger partial charge in [-0.1, -0.05) is 30.3 Å². The molecule has 1 aromatic carbocycles. The zero-order valence-corrected chi connectivity index (χ0v) is 18.0. The molecule has 2 fully saturated rings. The molecule has 1 aliphatic heterocycles. The Hall–Kier alpha value is -1.85. The van der Waals surface area contributed by atoms with Crippen LogP contribution in [0.15, 0.2) is 46.8 Å². The molecule has 0 radical (unpaired) electrons. The van der Waals surface area contributed by atoms with Gasteiger partial charge in [-0.15, -0.1) is 11.3 Å². The first kappa shape index (κ1) is 19.5. The summed E-state index contributed by atoms with van der Waals surface area (Å²) in [6, 6.07) is 14.2. The number of aryl methyl sites for hydroxylation is 1. The summed E-state index contributed by atoms with van der Waals surface area (Å²) in [6.45, 7) is 4.36. The maximum Gasteiger partial charge on any atom is 0.191 e. The number of hydrogen-bond acceptors (Lipinski definition) is 3. The van der Waals surface area contributed by atoms with Crippen LogP contribution in [0.25, 0.3) is 0 Å². The highest BCUT2D eigenvalue weighted by atomic mass is 32.1. The van der Waals surface area contributed by atoms with E-state index >= 15 is 0 Å². The van der Waals surface area contributed by atoms with Gasteiger partial charge in [0.1, 0.15) is 0 Å². The van der Waals surface area contributed by atoms with Crippen LogP contribution in [0.1, 0.15) is 47.2 Å². The van der Waals surface area contributed by atoms with Gasteiger partial charge < -0.3 is 10.6 Å².